The van der Waals surface area contributed by atoms with Crippen LogP contribution in [-0.2, 0) is 24.5 Å². The Labute approximate surface area is 195 Å². The number of rotatable bonds is 7. The normalized spacial score (nSPS) is 20.1. The first-order valence-electron chi connectivity index (χ1n) is 11.3. The van der Waals surface area contributed by atoms with E-state index in [2.05, 4.69) is 17.4 Å². The van der Waals surface area contributed by atoms with Crippen LogP contribution in [0.15, 0.2) is 83.8 Å². The van der Waals surface area contributed by atoms with Crippen LogP contribution in [-0.4, -0.2) is 27.5 Å². The quantitative estimate of drug-likeness (QED) is 0.516. The lowest BCUT2D eigenvalue weighted by molar-refractivity contribution is -0.128. The first-order valence-corrected chi connectivity index (χ1v) is 12.7. The van der Waals surface area contributed by atoms with Gasteiger partial charge in [-0.05, 0) is 55.5 Å². The maximum absolute atomic E-state index is 13.4. The number of benzene rings is 3. The summed E-state index contributed by atoms with van der Waals surface area (Å²) in [7, 11) is -4.01. The molecule has 1 aliphatic carbocycles. The van der Waals surface area contributed by atoms with Crippen LogP contribution in [0.25, 0.3) is 0 Å². The zero-order valence-electron chi connectivity index (χ0n) is 19.0. The number of carbonyl (C=O) groups is 1. The highest BCUT2D eigenvalue weighted by Crippen LogP contribution is 2.46. The highest BCUT2D eigenvalue weighted by molar-refractivity contribution is 7.86. The van der Waals surface area contributed by atoms with Crippen molar-refractivity contribution in [3.05, 3.63) is 101 Å². The average molecular weight is 464 g/mol. The number of likely N-dealkylation sites (N-methyl/N-ethyl adjacent to an activating group) is 1. The summed E-state index contributed by atoms with van der Waals surface area (Å²) in [5.41, 5.74) is 2.92. The van der Waals surface area contributed by atoms with Crippen LogP contribution in [0.1, 0.15) is 47.9 Å². The van der Waals surface area contributed by atoms with Gasteiger partial charge in [-0.1, -0.05) is 72.3 Å². The number of carbonyl (C=O) groups excluding carboxylic acids is 1. The first kappa shape index (κ1) is 23.2. The van der Waals surface area contributed by atoms with Crippen molar-refractivity contribution >= 4 is 16.0 Å². The fraction of sp³-hybridized carbons (Fsp3) is 0.296. The molecule has 1 amide bonds. The van der Waals surface area contributed by atoms with E-state index in [1.807, 2.05) is 56.3 Å². The van der Waals surface area contributed by atoms with Crippen LogP contribution < -0.4 is 5.32 Å². The molecule has 0 unspecified atom stereocenters. The Bertz CT molecular complexity index is 1220. The fourth-order valence-corrected chi connectivity index (χ4v) is 5.64. The molecule has 4 rings (SSSR count). The maximum atomic E-state index is 13.4. The van der Waals surface area contributed by atoms with E-state index in [4.69, 9.17) is 4.18 Å². The highest BCUT2D eigenvalue weighted by atomic mass is 32.2. The number of amides is 1. The Morgan fingerprint density at radius 2 is 1.67 bits per heavy atom. The van der Waals surface area contributed by atoms with Gasteiger partial charge in [0.25, 0.3) is 10.1 Å². The van der Waals surface area contributed by atoms with Crippen molar-refractivity contribution in [3.63, 3.8) is 0 Å². The zero-order chi connectivity index (χ0) is 23.5. The van der Waals surface area contributed by atoms with Gasteiger partial charge in [0.2, 0.25) is 5.91 Å². The Kier molecular flexibility index (Phi) is 6.68. The Balaban J connectivity index is 1.73. The molecule has 1 aliphatic rings. The molecule has 0 bridgehead atoms. The minimum atomic E-state index is -4.01. The monoisotopic (exact) mass is 463 g/mol. The minimum Gasteiger partial charge on any atom is -0.356 e. The third-order valence-electron chi connectivity index (χ3n) is 6.46. The lowest BCUT2D eigenvalue weighted by Crippen LogP contribution is -2.50. The average Bonchev–Trinajstić information content (AvgIpc) is 2.83. The molecule has 3 aromatic carbocycles. The maximum Gasteiger partial charge on any atom is 0.297 e. The summed E-state index contributed by atoms with van der Waals surface area (Å²) in [6, 6.07) is 24.6. The molecule has 3 aromatic rings. The van der Waals surface area contributed by atoms with E-state index in [0.717, 1.165) is 16.7 Å². The van der Waals surface area contributed by atoms with E-state index in [9.17, 15) is 13.2 Å². The van der Waals surface area contributed by atoms with Crippen LogP contribution >= 0.6 is 0 Å². The molecule has 2 atom stereocenters. The lowest BCUT2D eigenvalue weighted by Gasteiger charge is -2.40. The molecular weight excluding hydrogens is 434 g/mol. The van der Waals surface area contributed by atoms with Crippen LogP contribution in [0.5, 0.6) is 0 Å². The third kappa shape index (κ3) is 4.59. The van der Waals surface area contributed by atoms with E-state index < -0.39 is 15.5 Å². The van der Waals surface area contributed by atoms with Gasteiger partial charge in [0, 0.05) is 12.5 Å². The molecule has 5 nitrogen and oxygen atoms in total. The Morgan fingerprint density at radius 1 is 1.00 bits per heavy atom. The highest BCUT2D eigenvalue weighted by Gasteiger charge is 2.47. The summed E-state index contributed by atoms with van der Waals surface area (Å²) in [6.45, 7) is 3.96. The summed E-state index contributed by atoms with van der Waals surface area (Å²) in [5.74, 6) is -0.0678. The molecule has 0 radical (unpaired) electrons. The van der Waals surface area contributed by atoms with Crippen molar-refractivity contribution in [2.75, 3.05) is 13.2 Å². The molecule has 0 heterocycles. The van der Waals surface area contributed by atoms with Crippen molar-refractivity contribution in [3.8, 4) is 0 Å². The Hall–Kier alpha value is -2.96. The standard InChI is InChI=1S/C27H29NO4S/c1-3-28-26(29)27(19-32-33(30,31)22-15-13-20(2)14-16-22)18-17-23(21-9-5-4-6-10-21)24-11-7-8-12-25(24)27/h4-16,23H,3,17-19H2,1-2H3,(H,28,29)/t23-,27-/m1/s1. The summed E-state index contributed by atoms with van der Waals surface area (Å²) in [6.07, 6.45) is 1.20. The molecule has 0 fully saturated rings. The van der Waals surface area contributed by atoms with Gasteiger partial charge in [0.1, 0.15) is 0 Å². The SMILES string of the molecule is CCNC(=O)[C@@]1(COS(=O)(=O)c2ccc(C)cc2)CC[C@H](c2ccccc2)c2ccccc21. The van der Waals surface area contributed by atoms with E-state index in [1.165, 1.54) is 17.7 Å². The molecule has 0 saturated carbocycles. The number of hydrogen-bond acceptors (Lipinski definition) is 4. The van der Waals surface area contributed by atoms with E-state index in [1.54, 1.807) is 12.1 Å². The molecule has 172 valence electrons. The lowest BCUT2D eigenvalue weighted by atomic mass is 9.65. The predicted molar refractivity (Wildman–Crippen MR) is 129 cm³/mol. The van der Waals surface area contributed by atoms with Gasteiger partial charge in [-0.15, -0.1) is 0 Å². The smallest absolute Gasteiger partial charge is 0.297 e. The predicted octanol–water partition coefficient (Wildman–Crippen LogP) is 4.70. The minimum absolute atomic E-state index is 0.0883. The van der Waals surface area contributed by atoms with E-state index in [0.29, 0.717) is 19.4 Å². The summed E-state index contributed by atoms with van der Waals surface area (Å²) in [4.78, 5) is 13.5. The van der Waals surface area contributed by atoms with Gasteiger partial charge in [-0.2, -0.15) is 8.42 Å². The number of aryl methyl sites for hydroxylation is 1. The molecule has 0 aromatic heterocycles. The van der Waals surface area contributed by atoms with Gasteiger partial charge >= 0.3 is 0 Å². The fourth-order valence-electron chi connectivity index (χ4n) is 4.68. The number of hydrogen-bond donors (Lipinski definition) is 1. The van der Waals surface area contributed by atoms with Crippen molar-refractivity contribution in [2.24, 2.45) is 0 Å². The number of fused-ring (bicyclic) bond motifs is 1. The van der Waals surface area contributed by atoms with Gasteiger partial charge in [0.15, 0.2) is 0 Å². The largest absolute Gasteiger partial charge is 0.356 e. The second-order valence-corrected chi connectivity index (χ2v) is 10.2. The number of nitrogens with one attached hydrogen (secondary N) is 1. The summed E-state index contributed by atoms with van der Waals surface area (Å²) >= 11 is 0. The summed E-state index contributed by atoms with van der Waals surface area (Å²) in [5, 5.41) is 2.92. The van der Waals surface area contributed by atoms with Crippen molar-refractivity contribution in [1.82, 2.24) is 5.32 Å². The Morgan fingerprint density at radius 3 is 2.36 bits per heavy atom. The first-order chi connectivity index (χ1) is 15.9. The molecule has 33 heavy (non-hydrogen) atoms. The summed E-state index contributed by atoms with van der Waals surface area (Å²) < 4.78 is 31.5. The second kappa shape index (κ2) is 9.49. The van der Waals surface area contributed by atoms with Crippen LogP contribution in [0.4, 0.5) is 0 Å². The van der Waals surface area contributed by atoms with Crippen molar-refractivity contribution in [2.45, 2.75) is 42.9 Å². The zero-order valence-corrected chi connectivity index (χ0v) is 19.8. The molecule has 1 N–H and O–H groups in total. The van der Waals surface area contributed by atoms with Crippen molar-refractivity contribution in [1.29, 1.82) is 0 Å². The molecular formula is C27H29NO4S. The van der Waals surface area contributed by atoms with Crippen LogP contribution in [0, 0.1) is 6.92 Å². The van der Waals surface area contributed by atoms with E-state index >= 15 is 0 Å². The van der Waals surface area contributed by atoms with Gasteiger partial charge in [-0.25, -0.2) is 0 Å². The molecule has 6 heteroatoms. The second-order valence-electron chi connectivity index (χ2n) is 8.56. The molecule has 0 aliphatic heterocycles. The van der Waals surface area contributed by atoms with Gasteiger partial charge in [0.05, 0.1) is 16.9 Å². The van der Waals surface area contributed by atoms with Crippen LogP contribution in [0.3, 0.4) is 0 Å². The third-order valence-corrected chi connectivity index (χ3v) is 7.73. The van der Waals surface area contributed by atoms with Crippen LogP contribution in [0.2, 0.25) is 0 Å². The van der Waals surface area contributed by atoms with Crippen molar-refractivity contribution < 1.29 is 17.4 Å². The van der Waals surface area contributed by atoms with Gasteiger partial charge < -0.3 is 5.32 Å². The van der Waals surface area contributed by atoms with Gasteiger partial charge in [-0.3, -0.25) is 8.98 Å². The topological polar surface area (TPSA) is 72.5 Å². The molecule has 0 spiro atoms. The molecule has 0 saturated heterocycles. The van der Waals surface area contributed by atoms with E-state index in [-0.39, 0.29) is 23.3 Å².